The minimum absolute atomic E-state index is 0.0620. The largest absolute Gasteiger partial charge is 0.278 e. The van der Waals surface area contributed by atoms with E-state index in [1.807, 2.05) is 36.4 Å². The minimum Gasteiger partial charge on any atom is -0.278 e. The van der Waals surface area contributed by atoms with Crippen LogP contribution in [0.3, 0.4) is 0 Å². The smallest absolute Gasteiger partial charge is 0.233 e. The van der Waals surface area contributed by atoms with E-state index in [1.54, 1.807) is 0 Å². The Kier molecular flexibility index (Phi) is 3.30. The van der Waals surface area contributed by atoms with Crippen LogP contribution in [0, 0.1) is 23.7 Å². The van der Waals surface area contributed by atoms with E-state index in [0.29, 0.717) is 24.3 Å². The summed E-state index contributed by atoms with van der Waals surface area (Å²) >= 11 is 0. The van der Waals surface area contributed by atoms with Gasteiger partial charge in [0.2, 0.25) is 11.8 Å². The summed E-state index contributed by atoms with van der Waals surface area (Å²) in [5.74, 6) is 1.10. The van der Waals surface area contributed by atoms with E-state index in [1.165, 1.54) is 10.5 Å². The molecule has 5 atom stereocenters. The van der Waals surface area contributed by atoms with E-state index >= 15 is 0 Å². The fourth-order valence-corrected chi connectivity index (χ4v) is 5.53. The van der Waals surface area contributed by atoms with E-state index in [-0.39, 0.29) is 23.7 Å². The molecule has 0 unspecified atom stereocenters. The van der Waals surface area contributed by atoms with Crippen LogP contribution in [0.2, 0.25) is 0 Å². The van der Waals surface area contributed by atoms with Gasteiger partial charge in [0, 0.05) is 0 Å². The quantitative estimate of drug-likeness (QED) is 0.806. The highest BCUT2D eigenvalue weighted by Crippen LogP contribution is 2.61. The monoisotopic (exact) mass is 331 g/mol. The first-order chi connectivity index (χ1) is 12.2. The molecule has 2 aliphatic carbocycles. The molecule has 126 valence electrons. The zero-order chi connectivity index (χ0) is 17.0. The number of benzene rings is 2. The highest BCUT2D eigenvalue weighted by molar-refractivity contribution is 6.06. The van der Waals surface area contributed by atoms with Crippen LogP contribution >= 0.6 is 0 Å². The molecule has 0 radical (unpaired) electrons. The second kappa shape index (κ2) is 5.55. The summed E-state index contributed by atoms with van der Waals surface area (Å²) in [5, 5.41) is 0. The van der Waals surface area contributed by atoms with Gasteiger partial charge in [0.25, 0.3) is 0 Å². The lowest BCUT2D eigenvalue weighted by Crippen LogP contribution is -2.32. The van der Waals surface area contributed by atoms with Crippen LogP contribution in [0.1, 0.15) is 29.9 Å². The fourth-order valence-electron chi connectivity index (χ4n) is 5.53. The first kappa shape index (κ1) is 14.9. The van der Waals surface area contributed by atoms with Gasteiger partial charge in [-0.3, -0.25) is 14.5 Å². The number of imide groups is 1. The molecule has 1 aliphatic heterocycles. The number of rotatable bonds is 3. The molecule has 5 rings (SSSR count). The van der Waals surface area contributed by atoms with Gasteiger partial charge in [-0.15, -0.1) is 0 Å². The highest BCUT2D eigenvalue weighted by atomic mass is 16.2. The summed E-state index contributed by atoms with van der Waals surface area (Å²) < 4.78 is 0. The predicted molar refractivity (Wildman–Crippen MR) is 94.4 cm³/mol. The number of carbonyl (C=O) groups is 2. The maximum Gasteiger partial charge on any atom is 0.233 e. The molecule has 0 spiro atoms. The zero-order valence-corrected chi connectivity index (χ0v) is 14.0. The highest BCUT2D eigenvalue weighted by Gasteiger charge is 2.63. The normalized spacial score (nSPS) is 33.1. The number of fused-ring (bicyclic) bond motifs is 5. The Bertz CT molecular complexity index is 816. The molecule has 2 amide bonds. The maximum absolute atomic E-state index is 13.1. The Hall–Kier alpha value is -2.42. The molecule has 3 aliphatic rings. The maximum atomic E-state index is 13.1. The summed E-state index contributed by atoms with van der Waals surface area (Å²) in [6, 6.07) is 20.3. The van der Waals surface area contributed by atoms with E-state index in [9.17, 15) is 9.59 Å². The Labute approximate surface area is 147 Å². The van der Waals surface area contributed by atoms with Crippen LogP contribution in [-0.2, 0) is 16.1 Å². The van der Waals surface area contributed by atoms with Crippen molar-refractivity contribution < 1.29 is 9.59 Å². The zero-order valence-electron chi connectivity index (χ0n) is 14.0. The number of carbonyl (C=O) groups excluding carboxylic acids is 2. The number of hydrogen-bond donors (Lipinski definition) is 0. The second-order valence-electron chi connectivity index (χ2n) is 7.71. The van der Waals surface area contributed by atoms with Crippen LogP contribution in [0.5, 0.6) is 0 Å². The molecule has 25 heavy (non-hydrogen) atoms. The minimum atomic E-state index is -0.0971. The van der Waals surface area contributed by atoms with Gasteiger partial charge in [0.1, 0.15) is 0 Å². The summed E-state index contributed by atoms with van der Waals surface area (Å²) in [5.41, 5.74) is 2.35. The topological polar surface area (TPSA) is 37.4 Å². The van der Waals surface area contributed by atoms with E-state index in [0.717, 1.165) is 18.4 Å². The van der Waals surface area contributed by atoms with Gasteiger partial charge in [-0.1, -0.05) is 60.7 Å². The van der Waals surface area contributed by atoms with Gasteiger partial charge in [0.15, 0.2) is 0 Å². The van der Waals surface area contributed by atoms with E-state index in [2.05, 4.69) is 24.3 Å². The van der Waals surface area contributed by atoms with E-state index < -0.39 is 0 Å². The van der Waals surface area contributed by atoms with Crippen molar-refractivity contribution in [1.82, 2.24) is 4.90 Å². The molecule has 2 aromatic carbocycles. The van der Waals surface area contributed by atoms with Crippen LogP contribution in [0.4, 0.5) is 0 Å². The van der Waals surface area contributed by atoms with Crippen LogP contribution < -0.4 is 0 Å². The lowest BCUT2D eigenvalue weighted by atomic mass is 9.73. The lowest BCUT2D eigenvalue weighted by molar-refractivity contribution is -0.141. The van der Waals surface area contributed by atoms with Crippen molar-refractivity contribution in [3.8, 4) is 0 Å². The molecule has 2 saturated carbocycles. The van der Waals surface area contributed by atoms with Crippen molar-refractivity contribution in [3.05, 3.63) is 71.8 Å². The van der Waals surface area contributed by atoms with Crippen molar-refractivity contribution in [2.45, 2.75) is 25.3 Å². The van der Waals surface area contributed by atoms with Crippen molar-refractivity contribution in [1.29, 1.82) is 0 Å². The van der Waals surface area contributed by atoms with Gasteiger partial charge in [-0.2, -0.15) is 0 Å². The standard InChI is InChI=1S/C22H21NO2/c24-21-19-16-11-17(15-9-5-2-6-10-15)18(12-16)20(19)22(25)23(21)13-14-7-3-1-4-8-14/h1-10,16-20H,11-13H2/t16-,17+,18+,19+,20-/m1/s1. The average Bonchev–Trinajstić information content (AvgIpc) is 3.31. The van der Waals surface area contributed by atoms with Crippen molar-refractivity contribution in [2.75, 3.05) is 0 Å². The predicted octanol–water partition coefficient (Wildman–Crippen LogP) is 3.61. The number of nitrogens with zero attached hydrogens (tertiary/aromatic N) is 1. The fraction of sp³-hybridized carbons (Fsp3) is 0.364. The van der Waals surface area contributed by atoms with Gasteiger partial charge in [-0.25, -0.2) is 0 Å². The summed E-state index contributed by atoms with van der Waals surface area (Å²) in [6.45, 7) is 0.418. The molecule has 3 heteroatoms. The number of likely N-dealkylation sites (tertiary alicyclic amines) is 1. The molecule has 3 nitrogen and oxygen atoms in total. The van der Waals surface area contributed by atoms with Crippen molar-refractivity contribution in [3.63, 3.8) is 0 Å². The molecule has 1 heterocycles. The molecular weight excluding hydrogens is 310 g/mol. The molecule has 0 N–H and O–H groups in total. The van der Waals surface area contributed by atoms with Gasteiger partial charge < -0.3 is 0 Å². The SMILES string of the molecule is O=C1[C@@H]2[C@H]3C[C@@H](C[C@H]3c3ccccc3)[C@@H]2C(=O)N1Cc1ccccc1. The third-order valence-electron chi connectivity index (χ3n) is 6.52. The van der Waals surface area contributed by atoms with Crippen LogP contribution in [0.15, 0.2) is 60.7 Å². The van der Waals surface area contributed by atoms with Crippen LogP contribution in [0.25, 0.3) is 0 Å². The Morgan fingerprint density at radius 1 is 0.800 bits per heavy atom. The van der Waals surface area contributed by atoms with Crippen molar-refractivity contribution >= 4 is 11.8 Å². The van der Waals surface area contributed by atoms with Gasteiger partial charge in [-0.05, 0) is 41.7 Å². The summed E-state index contributed by atoms with van der Waals surface area (Å²) in [6.07, 6.45) is 2.08. The summed E-state index contributed by atoms with van der Waals surface area (Å²) in [7, 11) is 0. The summed E-state index contributed by atoms with van der Waals surface area (Å²) in [4.78, 5) is 27.5. The number of amides is 2. The van der Waals surface area contributed by atoms with E-state index in [4.69, 9.17) is 0 Å². The van der Waals surface area contributed by atoms with Crippen LogP contribution in [-0.4, -0.2) is 16.7 Å². The Morgan fingerprint density at radius 2 is 1.44 bits per heavy atom. The first-order valence-electron chi connectivity index (χ1n) is 9.18. The molecule has 3 fully saturated rings. The average molecular weight is 331 g/mol. The third kappa shape index (κ3) is 2.18. The molecular formula is C22H21NO2. The van der Waals surface area contributed by atoms with Gasteiger partial charge >= 0.3 is 0 Å². The van der Waals surface area contributed by atoms with Crippen molar-refractivity contribution in [2.24, 2.45) is 23.7 Å². The third-order valence-corrected chi connectivity index (χ3v) is 6.52. The Balaban J connectivity index is 1.42. The molecule has 1 saturated heterocycles. The Morgan fingerprint density at radius 3 is 2.16 bits per heavy atom. The van der Waals surface area contributed by atoms with Gasteiger partial charge in [0.05, 0.1) is 18.4 Å². The number of hydrogen-bond acceptors (Lipinski definition) is 2. The lowest BCUT2D eigenvalue weighted by Gasteiger charge is -2.28. The molecule has 0 aromatic heterocycles. The molecule has 2 bridgehead atoms. The first-order valence-corrected chi connectivity index (χ1v) is 9.18. The second-order valence-corrected chi connectivity index (χ2v) is 7.71. The molecule has 2 aromatic rings.